The molecule has 0 bridgehead atoms. The summed E-state index contributed by atoms with van der Waals surface area (Å²) in [5.74, 6) is -11.5. The zero-order valence-electron chi connectivity index (χ0n) is 8.88. The second-order valence-electron chi connectivity index (χ2n) is 3.89. The number of rotatable bonds is 3. The summed E-state index contributed by atoms with van der Waals surface area (Å²) in [6.07, 6.45) is 0. The normalized spacial score (nSPS) is 11.8. The Kier molecular flexibility index (Phi) is 4.03. The molecule has 1 nitrogen and oxygen atoms in total. The molecule has 0 spiro atoms. The number of hydrogen-bond acceptors (Lipinski definition) is 1. The lowest BCUT2D eigenvalue weighted by atomic mass is 10.3. The lowest BCUT2D eigenvalue weighted by Gasteiger charge is -2.22. The second kappa shape index (κ2) is 4.81. The SMILES string of the molecule is C[Si](C)(CCl)Oc1c(F)c(F)c(F)c(F)c1F. The quantitative estimate of drug-likeness (QED) is 0.271. The van der Waals surface area contributed by atoms with E-state index in [-0.39, 0.29) is 5.50 Å². The fourth-order valence-electron chi connectivity index (χ4n) is 0.978. The minimum atomic E-state index is -2.71. The van der Waals surface area contributed by atoms with Gasteiger partial charge in [0.1, 0.15) is 0 Å². The van der Waals surface area contributed by atoms with Crippen LogP contribution in [0.25, 0.3) is 0 Å². The Bertz CT molecular complexity index is 422. The van der Waals surface area contributed by atoms with Crippen molar-refractivity contribution >= 4 is 19.9 Å². The van der Waals surface area contributed by atoms with Crippen LogP contribution in [0.1, 0.15) is 0 Å². The highest BCUT2D eigenvalue weighted by Gasteiger charge is 2.32. The summed E-state index contributed by atoms with van der Waals surface area (Å²) < 4.78 is 69.6. The predicted molar refractivity (Wildman–Crippen MR) is 55.1 cm³/mol. The first-order valence-corrected chi connectivity index (χ1v) is 8.12. The van der Waals surface area contributed by atoms with Crippen LogP contribution >= 0.6 is 11.6 Å². The Morgan fingerprint density at radius 1 is 0.882 bits per heavy atom. The van der Waals surface area contributed by atoms with Crippen molar-refractivity contribution in [1.29, 1.82) is 0 Å². The highest BCUT2D eigenvalue weighted by Crippen LogP contribution is 2.31. The van der Waals surface area contributed by atoms with E-state index in [1.165, 1.54) is 13.1 Å². The summed E-state index contributed by atoms with van der Waals surface area (Å²) >= 11 is 5.49. The van der Waals surface area contributed by atoms with Crippen molar-refractivity contribution in [3.8, 4) is 5.75 Å². The molecule has 0 saturated carbocycles. The van der Waals surface area contributed by atoms with Crippen LogP contribution in [0.3, 0.4) is 0 Å². The molecule has 0 radical (unpaired) electrons. The minimum absolute atomic E-state index is 0.0491. The molecule has 0 saturated heterocycles. The molecule has 0 aliphatic heterocycles. The fourth-order valence-corrected chi connectivity index (χ4v) is 1.93. The van der Waals surface area contributed by atoms with Crippen LogP contribution in [0.4, 0.5) is 22.0 Å². The summed E-state index contributed by atoms with van der Waals surface area (Å²) in [5.41, 5.74) is -0.0491. The van der Waals surface area contributed by atoms with E-state index in [2.05, 4.69) is 0 Å². The zero-order valence-corrected chi connectivity index (χ0v) is 10.6. The molecule has 0 aromatic heterocycles. The molecule has 1 aromatic carbocycles. The first-order valence-electron chi connectivity index (χ1n) is 4.47. The van der Waals surface area contributed by atoms with E-state index in [4.69, 9.17) is 16.0 Å². The zero-order chi connectivity index (χ0) is 13.4. The number of alkyl halides is 1. The molecule has 0 aliphatic carbocycles. The van der Waals surface area contributed by atoms with Gasteiger partial charge in [-0.3, -0.25) is 0 Å². The van der Waals surface area contributed by atoms with Gasteiger partial charge < -0.3 is 4.43 Å². The highest BCUT2D eigenvalue weighted by molar-refractivity contribution is 6.78. The van der Waals surface area contributed by atoms with Crippen LogP contribution in [0.15, 0.2) is 0 Å². The Hall–Kier alpha value is -0.823. The maximum Gasteiger partial charge on any atom is 0.259 e. The maximum absolute atomic E-state index is 13.2. The standard InChI is InChI=1S/C9H8ClF5OSi/c1-17(2,3-10)16-9-7(14)5(12)4(11)6(13)8(9)15/h3H2,1-2H3. The van der Waals surface area contributed by atoms with Crippen molar-refractivity contribution in [2.24, 2.45) is 0 Å². The fraction of sp³-hybridized carbons (Fsp3) is 0.333. The summed E-state index contributed by atoms with van der Waals surface area (Å²) in [4.78, 5) is 0. The summed E-state index contributed by atoms with van der Waals surface area (Å²) in [5, 5.41) is 0. The molecule has 0 unspecified atom stereocenters. The first-order chi connectivity index (χ1) is 7.71. The molecular weight excluding hydrogens is 283 g/mol. The van der Waals surface area contributed by atoms with Crippen molar-refractivity contribution < 1.29 is 26.4 Å². The highest BCUT2D eigenvalue weighted by atomic mass is 35.5. The minimum Gasteiger partial charge on any atom is -0.539 e. The molecule has 0 amide bonds. The molecule has 0 heterocycles. The third-order valence-electron chi connectivity index (χ3n) is 1.87. The van der Waals surface area contributed by atoms with E-state index < -0.39 is 43.2 Å². The van der Waals surface area contributed by atoms with E-state index in [1.54, 1.807) is 0 Å². The first kappa shape index (κ1) is 14.2. The van der Waals surface area contributed by atoms with Gasteiger partial charge in [-0.1, -0.05) is 0 Å². The van der Waals surface area contributed by atoms with Gasteiger partial charge >= 0.3 is 0 Å². The Balaban J connectivity index is 3.35. The number of benzene rings is 1. The maximum atomic E-state index is 13.2. The van der Waals surface area contributed by atoms with Crippen molar-refractivity contribution in [3.63, 3.8) is 0 Å². The Labute approximate surface area is 100 Å². The average molecular weight is 291 g/mol. The van der Waals surface area contributed by atoms with Crippen molar-refractivity contribution in [1.82, 2.24) is 0 Å². The van der Waals surface area contributed by atoms with Crippen LogP contribution in [0, 0.1) is 29.1 Å². The average Bonchev–Trinajstić information content (AvgIpc) is 2.30. The van der Waals surface area contributed by atoms with Crippen molar-refractivity contribution in [2.45, 2.75) is 13.1 Å². The molecule has 96 valence electrons. The van der Waals surface area contributed by atoms with Gasteiger partial charge in [0.2, 0.25) is 29.1 Å². The Morgan fingerprint density at radius 3 is 1.59 bits per heavy atom. The third-order valence-corrected chi connectivity index (χ3v) is 5.20. The van der Waals surface area contributed by atoms with Crippen molar-refractivity contribution in [2.75, 3.05) is 5.50 Å². The van der Waals surface area contributed by atoms with E-state index in [1.807, 2.05) is 0 Å². The summed E-state index contributed by atoms with van der Waals surface area (Å²) in [6.45, 7) is 2.97. The topological polar surface area (TPSA) is 9.23 Å². The van der Waals surface area contributed by atoms with E-state index in [0.717, 1.165) is 0 Å². The molecule has 0 N–H and O–H groups in total. The number of hydrogen-bond donors (Lipinski definition) is 0. The lowest BCUT2D eigenvalue weighted by molar-refractivity contribution is 0.346. The molecule has 8 heteroatoms. The van der Waals surface area contributed by atoms with Crippen LogP contribution in [0.5, 0.6) is 5.75 Å². The summed E-state index contributed by atoms with van der Waals surface area (Å²) in [6, 6.07) is 0. The Morgan fingerprint density at radius 2 is 1.24 bits per heavy atom. The largest absolute Gasteiger partial charge is 0.539 e. The van der Waals surface area contributed by atoms with E-state index in [9.17, 15) is 22.0 Å². The molecular formula is C9H8ClF5OSi. The van der Waals surface area contributed by atoms with E-state index in [0.29, 0.717) is 0 Å². The predicted octanol–water partition coefficient (Wildman–Crippen LogP) is 3.74. The van der Waals surface area contributed by atoms with Gasteiger partial charge in [0, 0.05) is 0 Å². The molecule has 0 atom stereocenters. The third kappa shape index (κ3) is 2.71. The molecule has 1 rings (SSSR count). The molecule has 1 aromatic rings. The monoisotopic (exact) mass is 290 g/mol. The van der Waals surface area contributed by atoms with Gasteiger partial charge in [-0.25, -0.2) is 13.2 Å². The van der Waals surface area contributed by atoms with Gasteiger partial charge in [0.15, 0.2) is 5.75 Å². The van der Waals surface area contributed by atoms with Crippen molar-refractivity contribution in [3.05, 3.63) is 29.1 Å². The lowest BCUT2D eigenvalue weighted by Crippen LogP contribution is -2.37. The van der Waals surface area contributed by atoms with E-state index >= 15 is 0 Å². The van der Waals surface area contributed by atoms with Gasteiger partial charge in [-0.05, 0) is 13.1 Å². The second-order valence-corrected chi connectivity index (χ2v) is 8.69. The van der Waals surface area contributed by atoms with Crippen LogP contribution in [-0.4, -0.2) is 13.8 Å². The number of halogens is 6. The summed E-state index contributed by atoms with van der Waals surface area (Å²) in [7, 11) is -2.71. The molecule has 17 heavy (non-hydrogen) atoms. The van der Waals surface area contributed by atoms with Gasteiger partial charge in [0.05, 0.1) is 5.50 Å². The van der Waals surface area contributed by atoms with Gasteiger partial charge in [0.25, 0.3) is 8.32 Å². The molecule has 0 aliphatic rings. The van der Waals surface area contributed by atoms with Crippen LogP contribution < -0.4 is 4.43 Å². The smallest absolute Gasteiger partial charge is 0.259 e. The van der Waals surface area contributed by atoms with Gasteiger partial charge in [-0.15, -0.1) is 11.6 Å². The van der Waals surface area contributed by atoms with Crippen LogP contribution in [0.2, 0.25) is 13.1 Å². The van der Waals surface area contributed by atoms with Crippen LogP contribution in [-0.2, 0) is 0 Å². The molecule has 0 fully saturated rings. The van der Waals surface area contributed by atoms with Gasteiger partial charge in [-0.2, -0.15) is 8.78 Å².